The van der Waals surface area contributed by atoms with E-state index in [9.17, 15) is 0 Å². The zero-order valence-electron chi connectivity index (χ0n) is 4.70. The molecule has 0 unspecified atom stereocenters. The Hall–Kier alpha value is -1.36. The Kier molecular flexibility index (Phi) is 1.46. The first-order valence-corrected chi connectivity index (χ1v) is 2.42. The lowest BCUT2D eigenvalue weighted by atomic mass is 10.3. The van der Waals surface area contributed by atoms with E-state index >= 15 is 0 Å². The van der Waals surface area contributed by atoms with Crippen molar-refractivity contribution >= 4 is 5.82 Å². The maximum Gasteiger partial charge on any atom is 0.269 e. The third-order valence-corrected chi connectivity index (χ3v) is 0.885. The monoisotopic (exact) mass is 116 g/mol. The highest BCUT2D eigenvalue weighted by molar-refractivity contribution is 5.36. The van der Waals surface area contributed by atoms with Gasteiger partial charge in [-0.25, -0.2) is 0 Å². The lowest BCUT2D eigenvalue weighted by Gasteiger charge is -1.85. The molecule has 0 aliphatic carbocycles. The highest BCUT2D eigenvalue weighted by Crippen LogP contribution is 2.05. The molecule has 0 atom stereocenters. The minimum absolute atomic E-state index is 0.379. The highest BCUT2D eigenvalue weighted by atomic mass is 14.8. The van der Waals surface area contributed by atoms with Crippen molar-refractivity contribution in [2.75, 3.05) is 0 Å². The Labute approximate surface area is 54.0 Å². The molecule has 2 heteroatoms. The molecule has 0 fully saturated rings. The molecule has 0 saturated carbocycles. The molecular weight excluding hydrogens is 112 g/mol. The van der Waals surface area contributed by atoms with E-state index in [1.165, 1.54) is 6.20 Å². The first kappa shape index (κ1) is 5.77. The molecule has 1 aromatic rings. The summed E-state index contributed by atoms with van der Waals surface area (Å²) in [4.78, 5) is 6.81. The molecule has 0 aromatic carbocycles. The number of pyridine rings is 1. The zero-order valence-corrected chi connectivity index (χ0v) is 4.70. The number of rotatable bonds is 0. The lowest BCUT2D eigenvalue weighted by Crippen LogP contribution is -1.72. The van der Waals surface area contributed by atoms with Gasteiger partial charge in [0, 0.05) is 6.92 Å². The molecule has 1 rings (SSSR count). The van der Waals surface area contributed by atoms with Crippen molar-refractivity contribution in [2.24, 2.45) is 0 Å². The molecule has 0 saturated heterocycles. The van der Waals surface area contributed by atoms with Crippen LogP contribution in [-0.4, -0.2) is 4.98 Å². The van der Waals surface area contributed by atoms with Gasteiger partial charge in [0.15, 0.2) is 0 Å². The standard InChI is InChI=1S/C7H4N2/c1-6-3-4-7(8-2)9-5-6/h1,3-5H. The van der Waals surface area contributed by atoms with Crippen LogP contribution in [0, 0.1) is 13.5 Å². The summed E-state index contributed by atoms with van der Waals surface area (Å²) in [7, 11) is 0. The van der Waals surface area contributed by atoms with Crippen LogP contribution in [0.4, 0.5) is 5.82 Å². The summed E-state index contributed by atoms with van der Waals surface area (Å²) in [5.74, 6) is 0.379. The van der Waals surface area contributed by atoms with Crippen LogP contribution in [0.3, 0.4) is 0 Å². The summed E-state index contributed by atoms with van der Waals surface area (Å²) in [6, 6.07) is 3.24. The van der Waals surface area contributed by atoms with Crippen LogP contribution >= 0.6 is 0 Å². The van der Waals surface area contributed by atoms with Gasteiger partial charge < -0.3 is 4.85 Å². The van der Waals surface area contributed by atoms with Crippen molar-refractivity contribution in [3.63, 3.8) is 0 Å². The second kappa shape index (κ2) is 2.27. The molecule has 9 heavy (non-hydrogen) atoms. The molecule has 0 bridgehead atoms. The SMILES string of the molecule is [C-]#[N+]c1ccc([CH])cn1. The van der Waals surface area contributed by atoms with Gasteiger partial charge in [-0.15, -0.1) is 4.98 Å². The van der Waals surface area contributed by atoms with Gasteiger partial charge in [0.25, 0.3) is 5.82 Å². The third-order valence-electron chi connectivity index (χ3n) is 0.885. The van der Waals surface area contributed by atoms with E-state index in [2.05, 4.69) is 9.83 Å². The molecular formula is C7H4N2. The summed E-state index contributed by atoms with van der Waals surface area (Å²) in [5.41, 5.74) is 0.586. The molecule has 0 aliphatic rings. The average molecular weight is 116 g/mol. The van der Waals surface area contributed by atoms with Crippen LogP contribution in [0.2, 0.25) is 0 Å². The minimum Gasteiger partial charge on any atom is -0.361 e. The van der Waals surface area contributed by atoms with E-state index in [4.69, 9.17) is 13.5 Å². The summed E-state index contributed by atoms with van der Waals surface area (Å²) < 4.78 is 0. The lowest BCUT2D eigenvalue weighted by molar-refractivity contribution is 1.33. The summed E-state index contributed by atoms with van der Waals surface area (Å²) in [5, 5.41) is 0. The van der Waals surface area contributed by atoms with E-state index in [-0.39, 0.29) is 0 Å². The maximum absolute atomic E-state index is 6.54. The Morgan fingerprint density at radius 3 is 2.78 bits per heavy atom. The van der Waals surface area contributed by atoms with Gasteiger partial charge >= 0.3 is 0 Å². The van der Waals surface area contributed by atoms with Gasteiger partial charge in [-0.05, 0) is 11.6 Å². The second-order valence-electron chi connectivity index (χ2n) is 1.56. The van der Waals surface area contributed by atoms with Crippen molar-refractivity contribution in [3.8, 4) is 0 Å². The number of nitrogens with zero attached hydrogens (tertiary/aromatic N) is 2. The van der Waals surface area contributed by atoms with Crippen LogP contribution in [-0.2, 0) is 0 Å². The van der Waals surface area contributed by atoms with Crippen LogP contribution < -0.4 is 0 Å². The molecule has 42 valence electrons. The predicted molar refractivity (Wildman–Crippen MR) is 33.9 cm³/mol. The molecule has 1 aromatic heterocycles. The van der Waals surface area contributed by atoms with E-state index in [0.29, 0.717) is 11.4 Å². The molecule has 0 aliphatic heterocycles. The largest absolute Gasteiger partial charge is 0.361 e. The fourth-order valence-electron chi connectivity index (χ4n) is 0.464. The van der Waals surface area contributed by atoms with Crippen molar-refractivity contribution < 1.29 is 0 Å². The predicted octanol–water partition coefficient (Wildman–Crippen LogP) is 1.69. The third kappa shape index (κ3) is 1.26. The quantitative estimate of drug-likeness (QED) is 0.471. The zero-order chi connectivity index (χ0) is 6.69. The average Bonchev–Trinajstić information content (AvgIpc) is 1.90. The maximum atomic E-state index is 6.54. The Balaban J connectivity index is 3.06. The highest BCUT2D eigenvalue weighted by Gasteiger charge is 1.88. The smallest absolute Gasteiger partial charge is 0.269 e. The van der Waals surface area contributed by atoms with Gasteiger partial charge in [0.1, 0.15) is 6.20 Å². The van der Waals surface area contributed by atoms with Crippen molar-refractivity contribution in [1.29, 1.82) is 0 Å². The normalized spacial score (nSPS) is 8.44. The van der Waals surface area contributed by atoms with Crippen LogP contribution in [0.1, 0.15) is 5.56 Å². The second-order valence-corrected chi connectivity index (χ2v) is 1.56. The fraction of sp³-hybridized carbons (Fsp3) is 0. The van der Waals surface area contributed by atoms with Crippen molar-refractivity contribution in [1.82, 2.24) is 4.98 Å². The molecule has 0 N–H and O–H groups in total. The topological polar surface area (TPSA) is 17.2 Å². The molecule has 2 nitrogen and oxygen atoms in total. The number of aromatic nitrogens is 1. The van der Waals surface area contributed by atoms with Crippen molar-refractivity contribution in [2.45, 2.75) is 0 Å². The van der Waals surface area contributed by atoms with E-state index < -0.39 is 0 Å². The summed E-state index contributed by atoms with van der Waals surface area (Å²) in [6.07, 6.45) is 1.47. The summed E-state index contributed by atoms with van der Waals surface area (Å²) in [6.45, 7) is 11.9. The van der Waals surface area contributed by atoms with E-state index in [1.54, 1.807) is 12.1 Å². The number of hydrogen-bond acceptors (Lipinski definition) is 1. The van der Waals surface area contributed by atoms with Crippen LogP contribution in [0.15, 0.2) is 18.3 Å². The van der Waals surface area contributed by atoms with Crippen LogP contribution in [0.5, 0.6) is 0 Å². The summed E-state index contributed by atoms with van der Waals surface area (Å²) >= 11 is 0. The van der Waals surface area contributed by atoms with Crippen molar-refractivity contribution in [3.05, 3.63) is 42.2 Å². The van der Waals surface area contributed by atoms with Gasteiger partial charge in [-0.1, -0.05) is 12.6 Å². The first-order chi connectivity index (χ1) is 4.33. The molecule has 1 heterocycles. The molecule has 0 spiro atoms. The van der Waals surface area contributed by atoms with Crippen LogP contribution in [0.25, 0.3) is 4.85 Å². The number of hydrogen-bond donors (Lipinski definition) is 0. The van der Waals surface area contributed by atoms with E-state index in [0.717, 1.165) is 0 Å². The molecule has 2 radical (unpaired) electrons. The van der Waals surface area contributed by atoms with Gasteiger partial charge in [0.2, 0.25) is 0 Å². The fourth-order valence-corrected chi connectivity index (χ4v) is 0.464. The van der Waals surface area contributed by atoms with E-state index in [1.807, 2.05) is 0 Å². The molecule has 0 amide bonds. The van der Waals surface area contributed by atoms with Gasteiger partial charge in [-0.3, -0.25) is 0 Å². The minimum atomic E-state index is 0.379. The Bertz CT molecular complexity index is 230. The van der Waals surface area contributed by atoms with Gasteiger partial charge in [0.05, 0.1) is 0 Å². The Morgan fingerprint density at radius 2 is 2.33 bits per heavy atom. The Morgan fingerprint density at radius 1 is 1.56 bits per heavy atom. The first-order valence-electron chi connectivity index (χ1n) is 2.42. The van der Waals surface area contributed by atoms with Gasteiger partial charge in [-0.2, -0.15) is 0 Å².